The molecule has 1 saturated heterocycles. The second-order valence-corrected chi connectivity index (χ2v) is 7.07. The number of hydrogen-bond donors (Lipinski definition) is 1. The minimum atomic E-state index is -3.40. The molecule has 6 nitrogen and oxygen atoms in total. The van der Waals surface area contributed by atoms with Gasteiger partial charge in [0.2, 0.25) is 0 Å². The molecule has 1 atom stereocenters. The highest BCUT2D eigenvalue weighted by Crippen LogP contribution is 2.34. The van der Waals surface area contributed by atoms with E-state index in [1.165, 1.54) is 4.31 Å². The van der Waals surface area contributed by atoms with Gasteiger partial charge in [0.15, 0.2) is 0 Å². The number of aryl methyl sites for hydroxylation is 2. The van der Waals surface area contributed by atoms with Gasteiger partial charge in [-0.1, -0.05) is 13.8 Å². The normalized spacial score (nSPS) is 20.9. The van der Waals surface area contributed by atoms with Crippen molar-refractivity contribution in [2.24, 2.45) is 0 Å². The van der Waals surface area contributed by atoms with Crippen LogP contribution in [0.25, 0.3) is 0 Å². The Kier molecular flexibility index (Phi) is 4.51. The lowest BCUT2D eigenvalue weighted by molar-refractivity contribution is 0.331. The van der Waals surface area contributed by atoms with Gasteiger partial charge in [-0.25, -0.2) is 4.98 Å². The number of nitrogens with one attached hydrogen (secondary N) is 1. The van der Waals surface area contributed by atoms with E-state index in [1.807, 2.05) is 27.7 Å². The molecule has 0 amide bonds. The lowest BCUT2D eigenvalue weighted by Crippen LogP contribution is -2.43. The van der Waals surface area contributed by atoms with Gasteiger partial charge in [-0.2, -0.15) is 17.0 Å². The Labute approximate surface area is 121 Å². The first-order valence-corrected chi connectivity index (χ1v) is 8.61. The van der Waals surface area contributed by atoms with Crippen LogP contribution in [-0.4, -0.2) is 46.6 Å². The van der Waals surface area contributed by atoms with Crippen molar-refractivity contribution in [2.75, 3.05) is 19.6 Å². The minimum Gasteiger partial charge on any atom is -0.345 e. The first kappa shape index (κ1) is 15.5. The van der Waals surface area contributed by atoms with Gasteiger partial charge in [0.1, 0.15) is 5.82 Å². The minimum absolute atomic E-state index is 0.159. The summed E-state index contributed by atoms with van der Waals surface area (Å²) in [5, 5.41) is 0. The van der Waals surface area contributed by atoms with Crippen LogP contribution < -0.4 is 0 Å². The molecule has 0 bridgehead atoms. The Balaban J connectivity index is 2.32. The summed E-state index contributed by atoms with van der Waals surface area (Å²) in [5.41, 5.74) is 1.94. The zero-order chi connectivity index (χ0) is 14.9. The number of imidazole rings is 1. The van der Waals surface area contributed by atoms with E-state index in [4.69, 9.17) is 0 Å². The average Bonchev–Trinajstić information content (AvgIpc) is 2.98. The summed E-state index contributed by atoms with van der Waals surface area (Å²) in [6.45, 7) is 9.21. The summed E-state index contributed by atoms with van der Waals surface area (Å²) in [7, 11) is -3.40. The second kappa shape index (κ2) is 5.83. The Morgan fingerprint density at radius 1 is 1.35 bits per heavy atom. The maximum atomic E-state index is 12.7. The second-order valence-electron chi connectivity index (χ2n) is 5.19. The topological polar surface area (TPSA) is 69.3 Å². The lowest BCUT2D eigenvalue weighted by atomic mass is 10.2. The average molecular weight is 300 g/mol. The van der Waals surface area contributed by atoms with Crippen molar-refractivity contribution in [3.8, 4) is 0 Å². The van der Waals surface area contributed by atoms with Crippen molar-refractivity contribution in [1.82, 2.24) is 18.6 Å². The fraction of sp³-hybridized carbons (Fsp3) is 0.769. The quantitative estimate of drug-likeness (QED) is 0.900. The van der Waals surface area contributed by atoms with Crippen LogP contribution in [0.4, 0.5) is 0 Å². The standard InChI is InChI=1S/C13H24N4O2S/c1-5-16(6-2)20(18,19)17-9-7-8-12(17)13-14-10(3)11(4)15-13/h12H,5-9H2,1-4H3,(H,14,15). The van der Waals surface area contributed by atoms with Crippen molar-refractivity contribution >= 4 is 10.2 Å². The van der Waals surface area contributed by atoms with Crippen LogP contribution in [0.15, 0.2) is 0 Å². The first-order chi connectivity index (χ1) is 9.41. The SMILES string of the molecule is CCN(CC)S(=O)(=O)N1CCCC1c1nc(C)c(C)[nH]1. The van der Waals surface area contributed by atoms with E-state index < -0.39 is 10.2 Å². The summed E-state index contributed by atoms with van der Waals surface area (Å²) in [4.78, 5) is 7.71. The molecule has 0 aromatic carbocycles. The third-order valence-corrected chi connectivity index (χ3v) is 6.19. The number of hydrogen-bond acceptors (Lipinski definition) is 3. The highest BCUT2D eigenvalue weighted by molar-refractivity contribution is 7.86. The zero-order valence-corrected chi connectivity index (χ0v) is 13.5. The third-order valence-electron chi connectivity index (χ3n) is 3.99. The zero-order valence-electron chi connectivity index (χ0n) is 12.7. The summed E-state index contributed by atoms with van der Waals surface area (Å²) < 4.78 is 28.5. The van der Waals surface area contributed by atoms with Crippen molar-refractivity contribution in [2.45, 2.75) is 46.6 Å². The molecule has 2 heterocycles. The third kappa shape index (κ3) is 2.62. The van der Waals surface area contributed by atoms with Gasteiger partial charge in [-0.15, -0.1) is 0 Å². The van der Waals surface area contributed by atoms with E-state index in [0.29, 0.717) is 19.6 Å². The number of nitrogens with zero attached hydrogens (tertiary/aromatic N) is 3. The maximum absolute atomic E-state index is 12.7. The van der Waals surface area contributed by atoms with Gasteiger partial charge >= 0.3 is 0 Å². The molecule has 7 heteroatoms. The molecular formula is C13H24N4O2S. The Hall–Kier alpha value is -0.920. The van der Waals surface area contributed by atoms with Crippen LogP contribution in [0.2, 0.25) is 0 Å². The molecule has 0 aliphatic carbocycles. The van der Waals surface area contributed by atoms with Gasteiger partial charge < -0.3 is 4.98 Å². The number of aromatic amines is 1. The molecule has 1 aliphatic rings. The maximum Gasteiger partial charge on any atom is 0.282 e. The molecule has 1 fully saturated rings. The molecule has 20 heavy (non-hydrogen) atoms. The van der Waals surface area contributed by atoms with Gasteiger partial charge in [0.05, 0.1) is 11.7 Å². The molecular weight excluding hydrogens is 276 g/mol. The van der Waals surface area contributed by atoms with Gasteiger partial charge in [-0.3, -0.25) is 0 Å². The number of H-pyrrole nitrogens is 1. The Morgan fingerprint density at radius 3 is 2.50 bits per heavy atom. The van der Waals surface area contributed by atoms with E-state index >= 15 is 0 Å². The van der Waals surface area contributed by atoms with E-state index in [-0.39, 0.29) is 6.04 Å². The number of aromatic nitrogens is 2. The first-order valence-electron chi connectivity index (χ1n) is 7.21. The lowest BCUT2D eigenvalue weighted by Gasteiger charge is -2.28. The molecule has 0 spiro atoms. The van der Waals surface area contributed by atoms with Gasteiger partial charge in [0.25, 0.3) is 10.2 Å². The molecule has 1 aromatic heterocycles. The molecule has 1 aromatic rings. The van der Waals surface area contributed by atoms with E-state index in [1.54, 1.807) is 4.31 Å². The van der Waals surface area contributed by atoms with Crippen molar-refractivity contribution in [3.63, 3.8) is 0 Å². The largest absolute Gasteiger partial charge is 0.345 e. The molecule has 0 saturated carbocycles. The molecule has 0 radical (unpaired) electrons. The fourth-order valence-corrected chi connectivity index (χ4v) is 4.56. The highest BCUT2D eigenvalue weighted by atomic mass is 32.2. The smallest absolute Gasteiger partial charge is 0.282 e. The number of rotatable bonds is 5. The van der Waals surface area contributed by atoms with Crippen LogP contribution in [0.3, 0.4) is 0 Å². The Bertz CT molecular complexity index is 543. The highest BCUT2D eigenvalue weighted by Gasteiger charge is 2.39. The monoisotopic (exact) mass is 300 g/mol. The van der Waals surface area contributed by atoms with Crippen molar-refractivity contribution in [3.05, 3.63) is 17.2 Å². The fourth-order valence-electron chi connectivity index (χ4n) is 2.72. The summed E-state index contributed by atoms with van der Waals surface area (Å²) in [6, 6.07) is -0.159. The predicted molar refractivity (Wildman–Crippen MR) is 78.6 cm³/mol. The van der Waals surface area contributed by atoms with Crippen LogP contribution in [-0.2, 0) is 10.2 Å². The summed E-state index contributed by atoms with van der Waals surface area (Å²) in [6.07, 6.45) is 1.71. The van der Waals surface area contributed by atoms with E-state index in [9.17, 15) is 8.42 Å². The predicted octanol–water partition coefficient (Wildman–Crippen LogP) is 1.75. The summed E-state index contributed by atoms with van der Waals surface area (Å²) >= 11 is 0. The van der Waals surface area contributed by atoms with Crippen molar-refractivity contribution in [1.29, 1.82) is 0 Å². The molecule has 1 unspecified atom stereocenters. The van der Waals surface area contributed by atoms with Crippen LogP contribution in [0.5, 0.6) is 0 Å². The molecule has 2 rings (SSSR count). The van der Waals surface area contributed by atoms with Crippen molar-refractivity contribution < 1.29 is 8.42 Å². The van der Waals surface area contributed by atoms with Crippen LogP contribution in [0.1, 0.15) is 49.9 Å². The molecule has 114 valence electrons. The molecule has 1 aliphatic heterocycles. The summed E-state index contributed by atoms with van der Waals surface area (Å²) in [5.74, 6) is 0.772. The van der Waals surface area contributed by atoms with E-state index in [2.05, 4.69) is 9.97 Å². The van der Waals surface area contributed by atoms with E-state index in [0.717, 1.165) is 30.1 Å². The van der Waals surface area contributed by atoms with Crippen LogP contribution >= 0.6 is 0 Å². The van der Waals surface area contributed by atoms with Gasteiger partial charge in [-0.05, 0) is 26.7 Å². The Morgan fingerprint density at radius 2 is 2.00 bits per heavy atom. The van der Waals surface area contributed by atoms with Crippen LogP contribution in [0, 0.1) is 13.8 Å². The van der Waals surface area contributed by atoms with Gasteiger partial charge in [0, 0.05) is 25.3 Å². The molecule has 1 N–H and O–H groups in total.